The third kappa shape index (κ3) is 5.72. The standard InChI is InChI=1S/C24H26N2O5/c1-15(2)14-30-20-11-9-17(13-21(20)29-4)10-12-22(27)31-16(3)23-25-19-8-6-5-7-18(19)24(28)26-23/h5-13,15-16H,14H2,1-4H3,(H,25,26,28)/b12-10+/t16-/m1/s1. The number of rotatable bonds is 8. The van der Waals surface area contributed by atoms with Crippen LogP contribution in [0.15, 0.2) is 53.3 Å². The molecule has 0 saturated carbocycles. The van der Waals surface area contributed by atoms with Crippen molar-refractivity contribution in [3.63, 3.8) is 0 Å². The van der Waals surface area contributed by atoms with E-state index in [1.807, 2.05) is 6.07 Å². The Hall–Kier alpha value is -3.61. The maximum Gasteiger partial charge on any atom is 0.331 e. The first-order valence-electron chi connectivity index (χ1n) is 10.1. The number of fused-ring (bicyclic) bond motifs is 1. The van der Waals surface area contributed by atoms with Gasteiger partial charge in [0, 0.05) is 6.08 Å². The Labute approximate surface area is 180 Å². The topological polar surface area (TPSA) is 90.5 Å². The average molecular weight is 422 g/mol. The molecule has 1 atom stereocenters. The molecule has 2 aromatic carbocycles. The zero-order chi connectivity index (χ0) is 22.4. The van der Waals surface area contributed by atoms with Crippen LogP contribution >= 0.6 is 0 Å². The van der Waals surface area contributed by atoms with Crippen LogP contribution in [0.1, 0.15) is 38.3 Å². The van der Waals surface area contributed by atoms with Crippen molar-refractivity contribution in [3.05, 3.63) is 70.3 Å². The van der Waals surface area contributed by atoms with Crippen LogP contribution in [-0.2, 0) is 9.53 Å². The summed E-state index contributed by atoms with van der Waals surface area (Å²) < 4.78 is 16.5. The number of para-hydroxylation sites is 1. The van der Waals surface area contributed by atoms with Gasteiger partial charge in [-0.05, 0) is 48.7 Å². The second kappa shape index (κ2) is 9.93. The van der Waals surface area contributed by atoms with Crippen LogP contribution in [0.25, 0.3) is 17.0 Å². The first-order valence-corrected chi connectivity index (χ1v) is 10.1. The number of nitrogens with zero attached hydrogens (tertiary/aromatic N) is 1. The van der Waals surface area contributed by atoms with E-state index in [-0.39, 0.29) is 5.56 Å². The van der Waals surface area contributed by atoms with Crippen molar-refractivity contribution in [1.29, 1.82) is 0 Å². The van der Waals surface area contributed by atoms with E-state index >= 15 is 0 Å². The van der Waals surface area contributed by atoms with Gasteiger partial charge >= 0.3 is 5.97 Å². The van der Waals surface area contributed by atoms with Crippen LogP contribution in [0.5, 0.6) is 11.5 Å². The van der Waals surface area contributed by atoms with Crippen LogP contribution in [0.4, 0.5) is 0 Å². The molecule has 1 aromatic heterocycles. The molecule has 0 saturated heterocycles. The van der Waals surface area contributed by atoms with Gasteiger partial charge in [0.15, 0.2) is 23.4 Å². The number of ether oxygens (including phenoxy) is 3. The lowest BCUT2D eigenvalue weighted by atomic mass is 10.2. The Kier molecular flexibility index (Phi) is 7.07. The van der Waals surface area contributed by atoms with Crippen LogP contribution in [0, 0.1) is 5.92 Å². The lowest BCUT2D eigenvalue weighted by Crippen LogP contribution is -2.16. The van der Waals surface area contributed by atoms with Crippen molar-refractivity contribution in [2.75, 3.05) is 13.7 Å². The highest BCUT2D eigenvalue weighted by Crippen LogP contribution is 2.29. The minimum Gasteiger partial charge on any atom is -0.493 e. The molecule has 0 aliphatic carbocycles. The lowest BCUT2D eigenvalue weighted by molar-refractivity contribution is -0.142. The van der Waals surface area contributed by atoms with Crippen LogP contribution in [-0.4, -0.2) is 29.7 Å². The summed E-state index contributed by atoms with van der Waals surface area (Å²) in [6.45, 7) is 6.38. The predicted molar refractivity (Wildman–Crippen MR) is 119 cm³/mol. The third-order valence-electron chi connectivity index (χ3n) is 4.48. The quantitative estimate of drug-likeness (QED) is 0.430. The number of benzene rings is 2. The van der Waals surface area contributed by atoms with Gasteiger partial charge in [0.2, 0.25) is 0 Å². The highest BCUT2D eigenvalue weighted by atomic mass is 16.5. The van der Waals surface area contributed by atoms with Crippen molar-refractivity contribution in [2.45, 2.75) is 26.9 Å². The number of methoxy groups -OCH3 is 1. The Morgan fingerprint density at radius 3 is 2.65 bits per heavy atom. The minimum atomic E-state index is -0.712. The molecule has 0 fully saturated rings. The summed E-state index contributed by atoms with van der Waals surface area (Å²) in [7, 11) is 1.57. The number of nitrogens with one attached hydrogen (secondary N) is 1. The molecule has 7 nitrogen and oxygen atoms in total. The highest BCUT2D eigenvalue weighted by molar-refractivity contribution is 5.87. The minimum absolute atomic E-state index is 0.272. The van der Waals surface area contributed by atoms with Crippen LogP contribution in [0.3, 0.4) is 0 Å². The fourth-order valence-electron chi connectivity index (χ4n) is 2.89. The van der Waals surface area contributed by atoms with Gasteiger partial charge in [0.25, 0.3) is 5.56 Å². The van der Waals surface area contributed by atoms with E-state index in [4.69, 9.17) is 14.2 Å². The van der Waals surface area contributed by atoms with Crippen LogP contribution in [0.2, 0.25) is 0 Å². The normalized spacial score (nSPS) is 12.3. The van der Waals surface area contributed by atoms with E-state index < -0.39 is 12.1 Å². The van der Waals surface area contributed by atoms with Crippen molar-refractivity contribution < 1.29 is 19.0 Å². The average Bonchev–Trinajstić information content (AvgIpc) is 2.76. The van der Waals surface area contributed by atoms with Crippen molar-refractivity contribution >= 4 is 22.9 Å². The molecule has 0 spiro atoms. The number of H-pyrrole nitrogens is 1. The van der Waals surface area contributed by atoms with Gasteiger partial charge in [-0.2, -0.15) is 0 Å². The summed E-state index contributed by atoms with van der Waals surface area (Å²) in [5.74, 6) is 1.37. The van der Waals surface area contributed by atoms with E-state index in [1.54, 1.807) is 56.5 Å². The number of carbonyl (C=O) groups is 1. The second-order valence-electron chi connectivity index (χ2n) is 7.50. The zero-order valence-corrected chi connectivity index (χ0v) is 18.0. The molecule has 0 radical (unpaired) electrons. The molecule has 1 heterocycles. The highest BCUT2D eigenvalue weighted by Gasteiger charge is 2.14. The first kappa shape index (κ1) is 22.1. The van der Waals surface area contributed by atoms with Crippen LogP contribution < -0.4 is 15.0 Å². The fourth-order valence-corrected chi connectivity index (χ4v) is 2.89. The van der Waals surface area contributed by atoms with Gasteiger partial charge in [-0.15, -0.1) is 0 Å². The van der Waals surface area contributed by atoms with Crippen molar-refractivity contribution in [3.8, 4) is 11.5 Å². The summed E-state index contributed by atoms with van der Waals surface area (Å²) in [4.78, 5) is 31.5. The van der Waals surface area contributed by atoms with Crippen molar-refractivity contribution in [1.82, 2.24) is 9.97 Å². The van der Waals surface area contributed by atoms with E-state index in [2.05, 4.69) is 23.8 Å². The second-order valence-corrected chi connectivity index (χ2v) is 7.50. The van der Waals surface area contributed by atoms with E-state index in [0.717, 1.165) is 5.56 Å². The van der Waals surface area contributed by atoms with Gasteiger partial charge < -0.3 is 19.2 Å². The maximum atomic E-state index is 12.3. The molecule has 0 bridgehead atoms. The smallest absolute Gasteiger partial charge is 0.331 e. The number of hydrogen-bond donors (Lipinski definition) is 1. The Morgan fingerprint density at radius 1 is 1.13 bits per heavy atom. The zero-order valence-electron chi connectivity index (χ0n) is 18.0. The summed E-state index contributed by atoms with van der Waals surface area (Å²) >= 11 is 0. The molecular weight excluding hydrogens is 396 g/mol. The molecule has 0 amide bonds. The van der Waals surface area contributed by atoms with Gasteiger partial charge in [-0.3, -0.25) is 4.79 Å². The van der Waals surface area contributed by atoms with Gasteiger partial charge in [0.1, 0.15) is 0 Å². The van der Waals surface area contributed by atoms with Gasteiger partial charge in [-0.25, -0.2) is 9.78 Å². The number of carbonyl (C=O) groups excluding carboxylic acids is 1. The molecular formula is C24H26N2O5. The first-order chi connectivity index (χ1) is 14.9. The monoisotopic (exact) mass is 422 g/mol. The Bertz CT molecular complexity index is 1150. The molecule has 0 aliphatic heterocycles. The maximum absolute atomic E-state index is 12.3. The van der Waals surface area contributed by atoms with Crippen molar-refractivity contribution in [2.24, 2.45) is 5.92 Å². The summed E-state index contributed by atoms with van der Waals surface area (Å²) in [5.41, 5.74) is 1.04. The van der Waals surface area contributed by atoms with E-state index in [1.165, 1.54) is 6.08 Å². The summed E-state index contributed by atoms with van der Waals surface area (Å²) in [6.07, 6.45) is 2.23. The third-order valence-corrected chi connectivity index (χ3v) is 4.48. The van der Waals surface area contributed by atoms with Gasteiger partial charge in [0.05, 0.1) is 24.6 Å². The van der Waals surface area contributed by atoms with Gasteiger partial charge in [-0.1, -0.05) is 32.0 Å². The summed E-state index contributed by atoms with van der Waals surface area (Å²) in [6, 6.07) is 12.4. The lowest BCUT2D eigenvalue weighted by Gasteiger charge is -2.13. The largest absolute Gasteiger partial charge is 0.493 e. The number of aromatic nitrogens is 2. The number of hydrogen-bond acceptors (Lipinski definition) is 6. The predicted octanol–water partition coefficient (Wildman–Crippen LogP) is 4.28. The SMILES string of the molecule is COc1cc(/C=C/C(=O)O[C@H](C)c2nc3ccccc3c(=O)[nH]2)ccc1OCC(C)C. The molecule has 31 heavy (non-hydrogen) atoms. The number of esters is 1. The molecule has 3 aromatic rings. The molecule has 1 N–H and O–H groups in total. The Balaban J connectivity index is 1.68. The number of aromatic amines is 1. The van der Waals surface area contributed by atoms with E-state index in [0.29, 0.717) is 40.8 Å². The molecule has 162 valence electrons. The molecule has 0 unspecified atom stereocenters. The molecule has 0 aliphatic rings. The molecule has 3 rings (SSSR count). The molecule has 7 heteroatoms. The summed E-state index contributed by atoms with van der Waals surface area (Å²) in [5, 5.41) is 0.486. The Morgan fingerprint density at radius 2 is 1.90 bits per heavy atom. The van der Waals surface area contributed by atoms with E-state index in [9.17, 15) is 9.59 Å². The fraction of sp³-hybridized carbons (Fsp3) is 0.292.